The van der Waals surface area contributed by atoms with E-state index in [2.05, 4.69) is 15.9 Å². The summed E-state index contributed by atoms with van der Waals surface area (Å²) in [6.45, 7) is 0. The van der Waals surface area contributed by atoms with Gasteiger partial charge >= 0.3 is 0 Å². The Bertz CT molecular complexity index is 405. The number of hydroxylamine groups is 1. The molecule has 4 heteroatoms. The summed E-state index contributed by atoms with van der Waals surface area (Å²) in [6, 6.07) is 6.98. The maximum atomic E-state index is 12.0. The number of nitrogens with zero attached hydrogens (tertiary/aromatic N) is 1. The Hall–Kier alpha value is -0.870. The van der Waals surface area contributed by atoms with Crippen LogP contribution in [0.5, 0.6) is 0 Å². The number of hydrogen-bond acceptors (Lipinski definition) is 3. The predicted molar refractivity (Wildman–Crippen MR) is 74.9 cm³/mol. The largest absolute Gasteiger partial charge is 0.297 e. The quantitative estimate of drug-likeness (QED) is 0.841. The summed E-state index contributed by atoms with van der Waals surface area (Å²) in [5, 5.41) is 11.4. The van der Waals surface area contributed by atoms with Gasteiger partial charge in [-0.1, -0.05) is 35.2 Å². The topological polar surface area (TPSA) is 40.5 Å². The molecule has 98 valence electrons. The third kappa shape index (κ3) is 3.33. The Morgan fingerprint density at radius 2 is 1.78 bits per heavy atom. The molecule has 0 aliphatic heterocycles. The molecule has 1 fully saturated rings. The van der Waals surface area contributed by atoms with E-state index in [0.717, 1.165) is 41.6 Å². The van der Waals surface area contributed by atoms with Crippen LogP contribution in [0.2, 0.25) is 0 Å². The van der Waals surface area contributed by atoms with Crippen LogP contribution in [0, 0.1) is 0 Å². The molecule has 0 heterocycles. The molecule has 1 saturated carbocycles. The fraction of sp³-hybridized carbons (Fsp3) is 0.500. The van der Waals surface area contributed by atoms with Gasteiger partial charge in [0.2, 0.25) is 0 Å². The van der Waals surface area contributed by atoms with E-state index >= 15 is 0 Å². The SMILES string of the molecule is O=C1CCCCCCC1N(O)c1ccc(Br)cc1. The standard InChI is InChI=1S/C14H18BrNO2/c15-11-7-9-12(10-8-11)16(18)13-5-3-1-2-4-6-14(13)17/h7-10,13,18H,1-6H2. The molecule has 0 saturated heterocycles. The summed E-state index contributed by atoms with van der Waals surface area (Å²) in [5.74, 6) is 0.153. The molecular formula is C14H18BrNO2. The smallest absolute Gasteiger partial charge is 0.157 e. The lowest BCUT2D eigenvalue weighted by molar-refractivity contribution is -0.122. The van der Waals surface area contributed by atoms with Crippen molar-refractivity contribution < 1.29 is 10.0 Å². The van der Waals surface area contributed by atoms with Gasteiger partial charge in [0.25, 0.3) is 0 Å². The molecular weight excluding hydrogens is 294 g/mol. The van der Waals surface area contributed by atoms with Crippen molar-refractivity contribution in [3.63, 3.8) is 0 Å². The summed E-state index contributed by atoms with van der Waals surface area (Å²) in [7, 11) is 0. The Labute approximate surface area is 116 Å². The summed E-state index contributed by atoms with van der Waals surface area (Å²) in [6.07, 6.45) is 5.55. The van der Waals surface area contributed by atoms with Crippen LogP contribution in [0.15, 0.2) is 28.7 Å². The van der Waals surface area contributed by atoms with E-state index in [9.17, 15) is 10.0 Å². The van der Waals surface area contributed by atoms with E-state index in [1.807, 2.05) is 24.3 Å². The summed E-state index contributed by atoms with van der Waals surface area (Å²) < 4.78 is 0.962. The van der Waals surface area contributed by atoms with Crippen LogP contribution in [-0.4, -0.2) is 17.0 Å². The van der Waals surface area contributed by atoms with E-state index < -0.39 is 0 Å². The molecule has 18 heavy (non-hydrogen) atoms. The van der Waals surface area contributed by atoms with Crippen LogP contribution in [0.4, 0.5) is 5.69 Å². The molecule has 1 aromatic rings. The fourth-order valence-electron chi connectivity index (χ4n) is 2.35. The number of halogens is 1. The third-order valence-electron chi connectivity index (χ3n) is 3.41. The molecule has 1 aromatic carbocycles. The fourth-order valence-corrected chi connectivity index (χ4v) is 2.61. The number of Topliss-reactive ketones (excluding diaryl/α,β-unsaturated/α-hetero) is 1. The molecule has 2 rings (SSSR count). The second kappa shape index (κ2) is 6.34. The van der Waals surface area contributed by atoms with Gasteiger partial charge in [0.05, 0.1) is 5.69 Å². The molecule has 1 atom stereocenters. The Morgan fingerprint density at radius 3 is 2.50 bits per heavy atom. The van der Waals surface area contributed by atoms with E-state index in [0.29, 0.717) is 12.1 Å². The Balaban J connectivity index is 2.12. The van der Waals surface area contributed by atoms with E-state index in [4.69, 9.17) is 0 Å². The van der Waals surface area contributed by atoms with E-state index in [1.54, 1.807) is 0 Å². The zero-order valence-electron chi connectivity index (χ0n) is 10.3. The molecule has 1 unspecified atom stereocenters. The van der Waals surface area contributed by atoms with Crippen LogP contribution < -0.4 is 5.06 Å². The molecule has 1 aliphatic rings. The highest BCUT2D eigenvalue weighted by Gasteiger charge is 2.25. The molecule has 3 nitrogen and oxygen atoms in total. The number of anilines is 1. The Morgan fingerprint density at radius 1 is 1.11 bits per heavy atom. The van der Waals surface area contributed by atoms with E-state index in [-0.39, 0.29) is 11.8 Å². The highest BCUT2D eigenvalue weighted by Crippen LogP contribution is 2.24. The van der Waals surface area contributed by atoms with Crippen LogP contribution in [0.1, 0.15) is 38.5 Å². The van der Waals surface area contributed by atoms with Crippen molar-refractivity contribution in [2.45, 2.75) is 44.6 Å². The minimum absolute atomic E-state index is 0.153. The van der Waals surface area contributed by atoms with Crippen LogP contribution in [0.25, 0.3) is 0 Å². The van der Waals surface area contributed by atoms with Gasteiger partial charge in [0, 0.05) is 10.9 Å². The second-order valence-electron chi connectivity index (χ2n) is 4.76. The van der Waals surface area contributed by atoms with Crippen molar-refractivity contribution in [2.75, 3.05) is 5.06 Å². The molecule has 0 aromatic heterocycles. The summed E-state index contributed by atoms with van der Waals surface area (Å²) >= 11 is 3.36. The molecule has 1 N–H and O–H groups in total. The zero-order chi connectivity index (χ0) is 13.0. The van der Waals surface area contributed by atoms with Crippen LogP contribution >= 0.6 is 15.9 Å². The average molecular weight is 312 g/mol. The minimum atomic E-state index is -0.383. The zero-order valence-corrected chi connectivity index (χ0v) is 11.9. The van der Waals surface area contributed by atoms with Crippen molar-refractivity contribution in [1.82, 2.24) is 0 Å². The highest BCUT2D eigenvalue weighted by molar-refractivity contribution is 9.10. The first kappa shape index (κ1) is 13.6. The first-order valence-electron chi connectivity index (χ1n) is 6.45. The molecule has 0 spiro atoms. The van der Waals surface area contributed by atoms with Crippen molar-refractivity contribution in [3.05, 3.63) is 28.7 Å². The number of rotatable bonds is 2. The predicted octanol–water partition coefficient (Wildman–Crippen LogP) is 3.94. The van der Waals surface area contributed by atoms with Crippen molar-refractivity contribution in [2.24, 2.45) is 0 Å². The van der Waals surface area contributed by atoms with Gasteiger partial charge in [0.15, 0.2) is 5.78 Å². The number of ketones is 1. The molecule has 0 radical (unpaired) electrons. The molecule has 0 amide bonds. The monoisotopic (exact) mass is 311 g/mol. The first-order valence-corrected chi connectivity index (χ1v) is 7.24. The van der Waals surface area contributed by atoms with Crippen molar-refractivity contribution in [3.8, 4) is 0 Å². The molecule has 0 bridgehead atoms. The lowest BCUT2D eigenvalue weighted by Gasteiger charge is -2.28. The minimum Gasteiger partial charge on any atom is -0.297 e. The number of carbonyl (C=O) groups excluding carboxylic acids is 1. The summed E-state index contributed by atoms with van der Waals surface area (Å²) in [4.78, 5) is 12.0. The van der Waals surface area contributed by atoms with Gasteiger partial charge < -0.3 is 0 Å². The molecule has 1 aliphatic carbocycles. The maximum Gasteiger partial charge on any atom is 0.157 e. The van der Waals surface area contributed by atoms with E-state index in [1.165, 1.54) is 0 Å². The lowest BCUT2D eigenvalue weighted by atomic mass is 9.95. The van der Waals surface area contributed by atoms with Gasteiger partial charge in [-0.15, -0.1) is 0 Å². The second-order valence-corrected chi connectivity index (χ2v) is 5.67. The first-order chi connectivity index (χ1) is 8.68. The van der Waals surface area contributed by atoms with Crippen molar-refractivity contribution in [1.29, 1.82) is 0 Å². The van der Waals surface area contributed by atoms with Gasteiger partial charge in [-0.25, -0.2) is 5.06 Å². The highest BCUT2D eigenvalue weighted by atomic mass is 79.9. The van der Waals surface area contributed by atoms with Gasteiger partial charge in [-0.2, -0.15) is 0 Å². The Kier molecular flexibility index (Phi) is 4.78. The number of carbonyl (C=O) groups is 1. The van der Waals surface area contributed by atoms with Crippen molar-refractivity contribution >= 4 is 27.4 Å². The van der Waals surface area contributed by atoms with Crippen LogP contribution in [0.3, 0.4) is 0 Å². The number of hydrogen-bond donors (Lipinski definition) is 1. The van der Waals surface area contributed by atoms with Gasteiger partial charge in [0.1, 0.15) is 6.04 Å². The summed E-state index contributed by atoms with van der Waals surface area (Å²) in [5.41, 5.74) is 0.678. The lowest BCUT2D eigenvalue weighted by Crippen LogP contribution is -2.39. The van der Waals surface area contributed by atoms with Gasteiger partial charge in [-0.3, -0.25) is 10.0 Å². The van der Waals surface area contributed by atoms with Gasteiger partial charge in [-0.05, 0) is 37.1 Å². The normalized spacial score (nSPS) is 21.2. The average Bonchev–Trinajstić information content (AvgIpc) is 2.35. The number of benzene rings is 1. The van der Waals surface area contributed by atoms with Crippen LogP contribution in [-0.2, 0) is 4.79 Å². The maximum absolute atomic E-state index is 12.0. The third-order valence-corrected chi connectivity index (χ3v) is 3.94.